The van der Waals surface area contributed by atoms with E-state index in [1.54, 1.807) is 42.4 Å². The van der Waals surface area contributed by atoms with Gasteiger partial charge >= 0.3 is 6.01 Å². The summed E-state index contributed by atoms with van der Waals surface area (Å²) in [7, 11) is -3.37. The van der Waals surface area contributed by atoms with Gasteiger partial charge in [0, 0.05) is 29.3 Å². The molecule has 34 heavy (non-hydrogen) atoms. The van der Waals surface area contributed by atoms with Crippen molar-refractivity contribution in [2.24, 2.45) is 0 Å². The number of nitrogen functional groups attached to an aromatic ring is 1. The van der Waals surface area contributed by atoms with Gasteiger partial charge in [-0.1, -0.05) is 13.0 Å². The van der Waals surface area contributed by atoms with Crippen LogP contribution >= 0.6 is 0 Å². The van der Waals surface area contributed by atoms with E-state index in [1.165, 1.54) is 12.1 Å². The maximum atomic E-state index is 12.3. The van der Waals surface area contributed by atoms with Crippen LogP contribution in [0.25, 0.3) is 16.9 Å². The first kappa shape index (κ1) is 21.8. The molecule has 0 aliphatic carbocycles. The molecule has 0 amide bonds. The summed E-state index contributed by atoms with van der Waals surface area (Å²) in [5.41, 5.74) is 9.84. The van der Waals surface area contributed by atoms with Crippen molar-refractivity contribution in [3.05, 3.63) is 78.3 Å². The van der Waals surface area contributed by atoms with Gasteiger partial charge in [0.15, 0.2) is 21.2 Å². The third kappa shape index (κ3) is 3.92. The number of aromatic nitrogens is 2. The Morgan fingerprint density at radius 1 is 1.12 bits per heavy atom. The highest BCUT2D eigenvalue weighted by atomic mass is 32.2. The van der Waals surface area contributed by atoms with Gasteiger partial charge in [-0.3, -0.25) is 4.98 Å². The molecule has 174 valence electrons. The van der Waals surface area contributed by atoms with Crippen molar-refractivity contribution in [1.29, 1.82) is 0 Å². The number of nitrogens with one attached hydrogen (secondary N) is 1. The summed E-state index contributed by atoms with van der Waals surface area (Å²) in [4.78, 5) is 10.7. The molecule has 4 aromatic rings. The highest BCUT2D eigenvalue weighted by molar-refractivity contribution is 7.91. The average Bonchev–Trinajstić information content (AvgIpc) is 3.39. The first-order valence-electron chi connectivity index (χ1n) is 10.7. The predicted octanol–water partition coefficient (Wildman–Crippen LogP) is 4.22. The van der Waals surface area contributed by atoms with Crippen molar-refractivity contribution >= 4 is 44.1 Å². The van der Waals surface area contributed by atoms with Crippen LogP contribution in [-0.2, 0) is 14.6 Å². The minimum absolute atomic E-state index is 0.00647. The van der Waals surface area contributed by atoms with Crippen molar-refractivity contribution in [1.82, 2.24) is 9.97 Å². The Balaban J connectivity index is 1.58. The van der Waals surface area contributed by atoms with Crippen molar-refractivity contribution in [2.75, 3.05) is 21.7 Å². The summed E-state index contributed by atoms with van der Waals surface area (Å²) in [6, 6.07) is 16.0. The fourth-order valence-corrected chi connectivity index (χ4v) is 4.68. The van der Waals surface area contributed by atoms with E-state index in [0.717, 1.165) is 16.9 Å². The first-order valence-corrected chi connectivity index (χ1v) is 12.3. The van der Waals surface area contributed by atoms with E-state index in [0.29, 0.717) is 22.5 Å². The van der Waals surface area contributed by atoms with Gasteiger partial charge in [-0.05, 0) is 55.5 Å². The van der Waals surface area contributed by atoms with Gasteiger partial charge in [-0.15, -0.1) is 0 Å². The maximum Gasteiger partial charge on any atom is 0.307 e. The van der Waals surface area contributed by atoms with Gasteiger partial charge < -0.3 is 20.2 Å². The second kappa shape index (κ2) is 8.38. The van der Waals surface area contributed by atoms with Crippen LogP contribution in [0.15, 0.2) is 82.0 Å². The molecule has 1 aliphatic heterocycles. The molecule has 3 N–H and O–H groups in total. The Labute approximate surface area is 196 Å². The number of hydrogen-bond donors (Lipinski definition) is 2. The highest BCUT2D eigenvalue weighted by Crippen LogP contribution is 2.38. The average molecular weight is 478 g/mol. The first-order chi connectivity index (χ1) is 16.4. The van der Waals surface area contributed by atoms with E-state index >= 15 is 0 Å². The Morgan fingerprint density at radius 2 is 1.91 bits per heavy atom. The van der Waals surface area contributed by atoms with Crippen LogP contribution in [0, 0.1) is 0 Å². The summed E-state index contributed by atoms with van der Waals surface area (Å²) in [5.74, 6) is 0.646. The minimum Gasteiger partial charge on any atom is -0.449 e. The standard InChI is InChI=1S/C24H23N5O4S/c1-3-34(30,31)19-7-8-21-20(14-19)28-24(32-21)29-15(2)22(16-9-11-26-12-10-16)33-23(29)27-18-6-4-5-17(25)13-18/h4-14,23,27H,3,25H2,1-2H3. The van der Waals surface area contributed by atoms with Crippen LogP contribution in [-0.4, -0.2) is 30.5 Å². The molecule has 2 aromatic heterocycles. The molecule has 0 saturated carbocycles. The van der Waals surface area contributed by atoms with E-state index in [1.807, 2.05) is 31.2 Å². The molecule has 1 atom stereocenters. The molecule has 10 heteroatoms. The van der Waals surface area contributed by atoms with Crippen LogP contribution in [0.4, 0.5) is 17.4 Å². The topological polar surface area (TPSA) is 124 Å². The van der Waals surface area contributed by atoms with Gasteiger partial charge in [-0.25, -0.2) is 13.3 Å². The quantitative estimate of drug-likeness (QED) is 0.393. The number of rotatable bonds is 6. The fourth-order valence-electron chi connectivity index (χ4n) is 3.78. The van der Waals surface area contributed by atoms with Crippen LogP contribution < -0.4 is 16.0 Å². The largest absolute Gasteiger partial charge is 0.449 e. The molecule has 9 nitrogen and oxygen atoms in total. The van der Waals surface area contributed by atoms with Crippen molar-refractivity contribution in [2.45, 2.75) is 25.1 Å². The van der Waals surface area contributed by atoms with Gasteiger partial charge in [0.25, 0.3) is 6.35 Å². The van der Waals surface area contributed by atoms with Crippen LogP contribution in [0.3, 0.4) is 0 Å². The zero-order valence-corrected chi connectivity index (χ0v) is 19.4. The van der Waals surface area contributed by atoms with E-state index in [9.17, 15) is 8.42 Å². The van der Waals surface area contributed by atoms with Crippen LogP contribution in [0.1, 0.15) is 19.4 Å². The zero-order valence-electron chi connectivity index (χ0n) is 18.6. The molecule has 0 saturated heterocycles. The third-order valence-corrected chi connectivity index (χ3v) is 7.30. The Morgan fingerprint density at radius 3 is 2.65 bits per heavy atom. The Hall–Kier alpha value is -4.05. The number of ether oxygens (including phenoxy) is 1. The second-order valence-corrected chi connectivity index (χ2v) is 10.1. The number of sulfone groups is 1. The molecular formula is C24H23N5O4S. The Kier molecular flexibility index (Phi) is 5.37. The molecule has 0 bridgehead atoms. The molecular weight excluding hydrogens is 454 g/mol. The molecule has 2 aromatic carbocycles. The normalized spacial score (nSPS) is 16.2. The van der Waals surface area contributed by atoms with E-state index in [4.69, 9.17) is 14.9 Å². The summed E-state index contributed by atoms with van der Waals surface area (Å²) in [6.45, 7) is 3.51. The SMILES string of the molecule is CCS(=O)(=O)c1ccc2oc(N3C(C)=C(c4ccncc4)OC3Nc3cccc(N)c3)nc2c1. The lowest BCUT2D eigenvalue weighted by molar-refractivity contribution is 0.214. The summed E-state index contributed by atoms with van der Waals surface area (Å²) >= 11 is 0. The lowest BCUT2D eigenvalue weighted by Gasteiger charge is -2.24. The molecule has 1 aliphatic rings. The number of nitrogens with zero attached hydrogens (tertiary/aromatic N) is 3. The molecule has 0 fully saturated rings. The molecule has 5 rings (SSSR count). The van der Waals surface area contributed by atoms with E-state index in [-0.39, 0.29) is 16.7 Å². The van der Waals surface area contributed by atoms with Crippen LogP contribution in [0.2, 0.25) is 0 Å². The molecule has 3 heterocycles. The van der Waals surface area contributed by atoms with E-state index in [2.05, 4.69) is 15.3 Å². The van der Waals surface area contributed by atoms with Crippen molar-refractivity contribution in [3.63, 3.8) is 0 Å². The van der Waals surface area contributed by atoms with Crippen molar-refractivity contribution in [3.8, 4) is 0 Å². The fraction of sp³-hybridized carbons (Fsp3) is 0.167. The number of hydrogen-bond acceptors (Lipinski definition) is 9. The maximum absolute atomic E-state index is 12.3. The van der Waals surface area contributed by atoms with Crippen molar-refractivity contribution < 1.29 is 17.6 Å². The number of oxazole rings is 1. The monoisotopic (exact) mass is 477 g/mol. The van der Waals surface area contributed by atoms with Gasteiger partial charge in [0.1, 0.15) is 5.52 Å². The second-order valence-electron chi connectivity index (χ2n) is 7.79. The van der Waals surface area contributed by atoms with Crippen LogP contribution in [0.5, 0.6) is 0 Å². The summed E-state index contributed by atoms with van der Waals surface area (Å²) < 4.78 is 37.0. The van der Waals surface area contributed by atoms with Gasteiger partial charge in [-0.2, -0.15) is 4.98 Å². The number of nitrogens with two attached hydrogens (primary N) is 1. The Bertz CT molecular complexity index is 1500. The molecule has 1 unspecified atom stereocenters. The number of allylic oxidation sites excluding steroid dienone is 1. The lowest BCUT2D eigenvalue weighted by atomic mass is 10.2. The molecule has 0 radical (unpaired) electrons. The minimum atomic E-state index is -3.37. The van der Waals surface area contributed by atoms with Gasteiger partial charge in [0.2, 0.25) is 0 Å². The predicted molar refractivity (Wildman–Crippen MR) is 130 cm³/mol. The smallest absolute Gasteiger partial charge is 0.307 e. The lowest BCUT2D eigenvalue weighted by Crippen LogP contribution is -2.37. The number of benzene rings is 2. The summed E-state index contributed by atoms with van der Waals surface area (Å²) in [5, 5.41) is 3.32. The summed E-state index contributed by atoms with van der Waals surface area (Å²) in [6.07, 6.45) is 2.70. The van der Waals surface area contributed by atoms with Gasteiger partial charge in [0.05, 0.1) is 16.3 Å². The number of fused-ring (bicyclic) bond motifs is 1. The highest BCUT2D eigenvalue weighted by Gasteiger charge is 2.36. The number of anilines is 3. The molecule has 0 spiro atoms. The third-order valence-electron chi connectivity index (χ3n) is 5.57. The number of pyridine rings is 1. The zero-order chi connectivity index (χ0) is 23.9. The van der Waals surface area contributed by atoms with E-state index < -0.39 is 16.2 Å².